The zero-order valence-corrected chi connectivity index (χ0v) is 13.6. The highest BCUT2D eigenvalue weighted by molar-refractivity contribution is 6.30. The van der Waals surface area contributed by atoms with Crippen LogP contribution in [0.25, 0.3) is 0 Å². The van der Waals surface area contributed by atoms with Crippen LogP contribution in [0.5, 0.6) is 0 Å². The fraction of sp³-hybridized carbons (Fsp3) is 0.222. The van der Waals surface area contributed by atoms with Crippen molar-refractivity contribution in [2.75, 3.05) is 16.8 Å². The van der Waals surface area contributed by atoms with Gasteiger partial charge in [-0.15, -0.1) is 0 Å². The van der Waals surface area contributed by atoms with Gasteiger partial charge in [-0.3, -0.25) is 9.59 Å². The van der Waals surface area contributed by atoms with Crippen LogP contribution in [-0.2, 0) is 22.4 Å². The topological polar surface area (TPSA) is 49.4 Å². The number of benzene rings is 2. The van der Waals surface area contributed by atoms with Gasteiger partial charge in [0, 0.05) is 18.5 Å². The molecule has 0 unspecified atom stereocenters. The monoisotopic (exact) mass is 328 g/mol. The average molecular weight is 329 g/mol. The van der Waals surface area contributed by atoms with E-state index < -0.39 is 0 Å². The van der Waals surface area contributed by atoms with Gasteiger partial charge >= 0.3 is 0 Å². The molecule has 118 valence electrons. The molecule has 0 aliphatic carbocycles. The molecule has 0 atom stereocenters. The highest BCUT2D eigenvalue weighted by Crippen LogP contribution is 2.35. The predicted molar refractivity (Wildman–Crippen MR) is 92.0 cm³/mol. The van der Waals surface area contributed by atoms with Gasteiger partial charge in [0.05, 0.1) is 17.8 Å². The highest BCUT2D eigenvalue weighted by Gasteiger charge is 2.25. The van der Waals surface area contributed by atoms with Gasteiger partial charge in [0.2, 0.25) is 11.8 Å². The van der Waals surface area contributed by atoms with Gasteiger partial charge in [-0.2, -0.15) is 0 Å². The fourth-order valence-corrected chi connectivity index (χ4v) is 2.98. The minimum absolute atomic E-state index is 0.0110. The standard InChI is InChI=1S/C18H17ClN2O2/c1-12(22)21-10-9-14-3-2-4-16(18(14)21)20-17(23)11-13-5-7-15(19)8-6-13/h2-8H,9-11H2,1H3,(H,20,23). The summed E-state index contributed by atoms with van der Waals surface area (Å²) in [6, 6.07) is 12.9. The molecule has 0 saturated carbocycles. The molecule has 2 aromatic rings. The number of fused-ring (bicyclic) bond motifs is 1. The molecule has 2 aromatic carbocycles. The van der Waals surface area contributed by atoms with Crippen molar-refractivity contribution in [2.24, 2.45) is 0 Å². The second-order valence-electron chi connectivity index (χ2n) is 5.59. The number of nitrogens with one attached hydrogen (secondary N) is 1. The van der Waals surface area contributed by atoms with E-state index in [1.165, 1.54) is 0 Å². The molecule has 2 amide bonds. The lowest BCUT2D eigenvalue weighted by Crippen LogP contribution is -2.27. The van der Waals surface area contributed by atoms with Gasteiger partial charge in [0.15, 0.2) is 0 Å². The van der Waals surface area contributed by atoms with Crippen LogP contribution in [0.3, 0.4) is 0 Å². The summed E-state index contributed by atoms with van der Waals surface area (Å²) in [7, 11) is 0. The van der Waals surface area contributed by atoms with Crippen molar-refractivity contribution < 1.29 is 9.59 Å². The lowest BCUT2D eigenvalue weighted by molar-refractivity contribution is -0.117. The summed E-state index contributed by atoms with van der Waals surface area (Å²) in [5, 5.41) is 3.57. The Hall–Kier alpha value is -2.33. The molecule has 1 aliphatic rings. The van der Waals surface area contributed by atoms with Crippen LogP contribution in [0.4, 0.5) is 11.4 Å². The maximum Gasteiger partial charge on any atom is 0.228 e. The van der Waals surface area contributed by atoms with Crippen molar-refractivity contribution in [3.05, 3.63) is 58.6 Å². The largest absolute Gasteiger partial charge is 0.324 e. The van der Waals surface area contributed by atoms with E-state index in [9.17, 15) is 9.59 Å². The molecular weight excluding hydrogens is 312 g/mol. The third-order valence-electron chi connectivity index (χ3n) is 3.93. The lowest BCUT2D eigenvalue weighted by atomic mass is 10.1. The van der Waals surface area contributed by atoms with Gasteiger partial charge in [-0.1, -0.05) is 35.9 Å². The number of nitrogens with zero attached hydrogens (tertiary/aromatic N) is 1. The molecule has 0 fully saturated rings. The Morgan fingerprint density at radius 2 is 1.91 bits per heavy atom. The second kappa shape index (κ2) is 6.42. The first-order valence-corrected chi connectivity index (χ1v) is 7.86. The summed E-state index contributed by atoms with van der Waals surface area (Å²) in [6.07, 6.45) is 1.08. The summed E-state index contributed by atoms with van der Waals surface area (Å²) >= 11 is 5.85. The van der Waals surface area contributed by atoms with Crippen molar-refractivity contribution in [1.82, 2.24) is 0 Å². The number of hydrogen-bond donors (Lipinski definition) is 1. The Morgan fingerprint density at radius 3 is 2.61 bits per heavy atom. The molecule has 5 heteroatoms. The van der Waals surface area contributed by atoms with Crippen LogP contribution >= 0.6 is 11.6 Å². The number of hydrogen-bond acceptors (Lipinski definition) is 2. The maximum absolute atomic E-state index is 12.3. The van der Waals surface area contributed by atoms with Crippen molar-refractivity contribution in [2.45, 2.75) is 19.8 Å². The van der Waals surface area contributed by atoms with E-state index in [4.69, 9.17) is 11.6 Å². The molecule has 0 bridgehead atoms. The fourth-order valence-electron chi connectivity index (χ4n) is 2.85. The van der Waals surface area contributed by atoms with E-state index in [1.807, 2.05) is 30.3 Å². The van der Waals surface area contributed by atoms with Gasteiger partial charge < -0.3 is 10.2 Å². The molecule has 1 aliphatic heterocycles. The van der Waals surface area contributed by atoms with E-state index in [-0.39, 0.29) is 18.2 Å². The van der Waals surface area contributed by atoms with Gasteiger partial charge in [-0.25, -0.2) is 0 Å². The minimum Gasteiger partial charge on any atom is -0.324 e. The summed E-state index contributed by atoms with van der Waals surface area (Å²) in [4.78, 5) is 25.8. The van der Waals surface area contributed by atoms with Gasteiger partial charge in [0.1, 0.15) is 0 Å². The Balaban J connectivity index is 1.78. The van der Waals surface area contributed by atoms with Crippen LogP contribution in [-0.4, -0.2) is 18.4 Å². The van der Waals surface area contributed by atoms with Crippen LogP contribution in [0, 0.1) is 0 Å². The summed E-state index contributed by atoms with van der Waals surface area (Å²) in [5.74, 6) is -0.126. The zero-order chi connectivity index (χ0) is 16.4. The van der Waals surface area contributed by atoms with E-state index in [2.05, 4.69) is 5.32 Å². The van der Waals surface area contributed by atoms with E-state index in [1.54, 1.807) is 24.0 Å². The number of carbonyl (C=O) groups is 2. The Bertz CT molecular complexity index is 756. The molecule has 1 N–H and O–H groups in total. The smallest absolute Gasteiger partial charge is 0.228 e. The zero-order valence-electron chi connectivity index (χ0n) is 12.8. The Labute approximate surface area is 140 Å². The van der Waals surface area contributed by atoms with Crippen LogP contribution < -0.4 is 10.2 Å². The number of amides is 2. The molecule has 0 aromatic heterocycles. The lowest BCUT2D eigenvalue weighted by Gasteiger charge is -2.19. The Kier molecular flexibility index (Phi) is 4.35. The number of para-hydroxylation sites is 1. The third kappa shape index (κ3) is 3.37. The molecular formula is C18H17ClN2O2. The summed E-state index contributed by atoms with van der Waals surface area (Å²) in [5.41, 5.74) is 3.49. The molecule has 3 rings (SSSR count). The molecule has 0 spiro atoms. The van der Waals surface area contributed by atoms with E-state index in [0.717, 1.165) is 23.2 Å². The normalized spacial score (nSPS) is 12.9. The van der Waals surface area contributed by atoms with Crippen LogP contribution in [0.15, 0.2) is 42.5 Å². The first-order chi connectivity index (χ1) is 11.0. The SMILES string of the molecule is CC(=O)N1CCc2cccc(NC(=O)Cc3ccc(Cl)cc3)c21. The first kappa shape index (κ1) is 15.6. The molecule has 0 saturated heterocycles. The molecule has 1 heterocycles. The predicted octanol–water partition coefficient (Wildman–Crippen LogP) is 3.43. The highest BCUT2D eigenvalue weighted by atomic mass is 35.5. The summed E-state index contributed by atoms with van der Waals surface area (Å²) in [6.45, 7) is 2.20. The first-order valence-electron chi connectivity index (χ1n) is 7.49. The summed E-state index contributed by atoms with van der Waals surface area (Å²) < 4.78 is 0. The molecule has 23 heavy (non-hydrogen) atoms. The van der Waals surface area contributed by atoms with Gasteiger partial charge in [-0.05, 0) is 35.7 Å². The van der Waals surface area contributed by atoms with Gasteiger partial charge in [0.25, 0.3) is 0 Å². The number of rotatable bonds is 3. The van der Waals surface area contributed by atoms with Crippen molar-refractivity contribution in [3.8, 4) is 0 Å². The van der Waals surface area contributed by atoms with Crippen molar-refractivity contribution >= 4 is 34.8 Å². The second-order valence-corrected chi connectivity index (χ2v) is 6.02. The van der Waals surface area contributed by atoms with Crippen LogP contribution in [0.2, 0.25) is 5.02 Å². The number of halogens is 1. The minimum atomic E-state index is -0.115. The maximum atomic E-state index is 12.3. The third-order valence-corrected chi connectivity index (χ3v) is 4.18. The van der Waals surface area contributed by atoms with Crippen LogP contribution in [0.1, 0.15) is 18.1 Å². The number of carbonyl (C=O) groups excluding carboxylic acids is 2. The van der Waals surface area contributed by atoms with Crippen molar-refractivity contribution in [1.29, 1.82) is 0 Å². The Morgan fingerprint density at radius 1 is 1.17 bits per heavy atom. The number of anilines is 2. The van der Waals surface area contributed by atoms with E-state index >= 15 is 0 Å². The van der Waals surface area contributed by atoms with E-state index in [0.29, 0.717) is 17.3 Å². The average Bonchev–Trinajstić information content (AvgIpc) is 2.95. The quantitative estimate of drug-likeness (QED) is 0.938. The molecule has 0 radical (unpaired) electrons. The molecule has 4 nitrogen and oxygen atoms in total. The van der Waals surface area contributed by atoms with Crippen molar-refractivity contribution in [3.63, 3.8) is 0 Å².